The maximum absolute atomic E-state index is 4.21. The first kappa shape index (κ1) is 11.9. The van der Waals surface area contributed by atoms with E-state index in [1.807, 2.05) is 6.07 Å². The fraction of sp³-hybridized carbons (Fsp3) is 0.615. The van der Waals surface area contributed by atoms with Crippen LogP contribution in [0.1, 0.15) is 32.6 Å². The van der Waals surface area contributed by atoms with Gasteiger partial charge in [0.1, 0.15) is 4.60 Å². The van der Waals surface area contributed by atoms with Crippen molar-refractivity contribution < 1.29 is 0 Å². The van der Waals surface area contributed by atoms with Crippen LogP contribution in [0.4, 0.5) is 5.69 Å². The lowest BCUT2D eigenvalue weighted by Crippen LogP contribution is -2.21. The Hall–Kier alpha value is -0.570. The van der Waals surface area contributed by atoms with Gasteiger partial charge in [0.25, 0.3) is 0 Å². The molecule has 0 aliphatic heterocycles. The minimum Gasteiger partial charge on any atom is -0.383 e. The van der Waals surface area contributed by atoms with Crippen LogP contribution in [0.3, 0.4) is 0 Å². The van der Waals surface area contributed by atoms with Crippen LogP contribution in [0.2, 0.25) is 0 Å². The van der Waals surface area contributed by atoms with Gasteiger partial charge >= 0.3 is 0 Å². The summed E-state index contributed by atoms with van der Waals surface area (Å²) in [5.41, 5.74) is 1.11. The second-order valence-electron chi connectivity index (χ2n) is 4.86. The molecule has 16 heavy (non-hydrogen) atoms. The third-order valence-electron chi connectivity index (χ3n) is 3.39. The molecule has 2 unspecified atom stereocenters. The summed E-state index contributed by atoms with van der Waals surface area (Å²) >= 11 is 3.46. The van der Waals surface area contributed by atoms with E-state index in [1.165, 1.54) is 25.7 Å². The van der Waals surface area contributed by atoms with Gasteiger partial charge < -0.3 is 5.32 Å². The van der Waals surface area contributed by atoms with Crippen molar-refractivity contribution in [2.24, 2.45) is 11.8 Å². The Morgan fingerprint density at radius 3 is 3.12 bits per heavy atom. The van der Waals surface area contributed by atoms with Crippen LogP contribution >= 0.6 is 15.9 Å². The van der Waals surface area contributed by atoms with Crippen LogP contribution in [-0.2, 0) is 0 Å². The Morgan fingerprint density at radius 2 is 2.38 bits per heavy atom. The summed E-state index contributed by atoms with van der Waals surface area (Å²) in [6.07, 6.45) is 7.34. The molecule has 0 bridgehead atoms. The van der Waals surface area contributed by atoms with Gasteiger partial charge in [0.2, 0.25) is 0 Å². The zero-order valence-corrected chi connectivity index (χ0v) is 11.3. The van der Waals surface area contributed by atoms with Crippen molar-refractivity contribution in [2.75, 3.05) is 11.9 Å². The summed E-state index contributed by atoms with van der Waals surface area (Å²) in [4.78, 5) is 4.21. The third kappa shape index (κ3) is 3.21. The molecular weight excluding hydrogens is 264 g/mol. The van der Waals surface area contributed by atoms with Gasteiger partial charge in [-0.15, -0.1) is 0 Å². The number of rotatable bonds is 3. The maximum atomic E-state index is 4.21. The summed E-state index contributed by atoms with van der Waals surface area (Å²) < 4.78 is 0.916. The van der Waals surface area contributed by atoms with E-state index in [1.54, 1.807) is 6.20 Å². The Labute approximate surface area is 106 Å². The molecule has 1 fully saturated rings. The van der Waals surface area contributed by atoms with Gasteiger partial charge in [0.05, 0.1) is 5.69 Å². The van der Waals surface area contributed by atoms with Crippen molar-refractivity contribution in [2.45, 2.75) is 32.6 Å². The van der Waals surface area contributed by atoms with E-state index in [2.05, 4.69) is 39.2 Å². The van der Waals surface area contributed by atoms with Crippen LogP contribution in [-0.4, -0.2) is 11.5 Å². The zero-order valence-electron chi connectivity index (χ0n) is 9.75. The second kappa shape index (κ2) is 5.67. The molecule has 1 aromatic rings. The van der Waals surface area contributed by atoms with Crippen molar-refractivity contribution >= 4 is 21.6 Å². The summed E-state index contributed by atoms with van der Waals surface area (Å²) in [6.45, 7) is 3.45. The molecular formula is C13H19BrN2. The minimum absolute atomic E-state index is 0.829. The smallest absolute Gasteiger partial charge is 0.129 e. The molecule has 0 saturated heterocycles. The third-order valence-corrected chi connectivity index (χ3v) is 4.02. The van der Waals surface area contributed by atoms with Crippen molar-refractivity contribution in [1.82, 2.24) is 4.98 Å². The standard InChI is InChI=1S/C13H19BrN2/c1-10-4-2-5-11(8-10)9-16-12-6-3-7-15-13(12)14/h3,6-7,10-11,16H,2,4-5,8-9H2,1H3. The topological polar surface area (TPSA) is 24.9 Å². The van der Waals surface area contributed by atoms with E-state index in [4.69, 9.17) is 0 Å². The molecule has 2 atom stereocenters. The highest BCUT2D eigenvalue weighted by atomic mass is 79.9. The number of hydrogen-bond donors (Lipinski definition) is 1. The van der Waals surface area contributed by atoms with Gasteiger partial charge in [0, 0.05) is 12.7 Å². The summed E-state index contributed by atoms with van der Waals surface area (Å²) in [5.74, 6) is 1.73. The van der Waals surface area contributed by atoms with Crippen LogP contribution in [0.15, 0.2) is 22.9 Å². The molecule has 0 amide bonds. The lowest BCUT2D eigenvalue weighted by Gasteiger charge is -2.27. The van der Waals surface area contributed by atoms with Crippen LogP contribution in [0.5, 0.6) is 0 Å². The predicted molar refractivity (Wildman–Crippen MR) is 71.5 cm³/mol. The number of hydrogen-bond acceptors (Lipinski definition) is 2. The monoisotopic (exact) mass is 282 g/mol. The van der Waals surface area contributed by atoms with E-state index in [0.29, 0.717) is 0 Å². The van der Waals surface area contributed by atoms with E-state index in [-0.39, 0.29) is 0 Å². The predicted octanol–water partition coefficient (Wildman–Crippen LogP) is 4.08. The first-order valence-corrected chi connectivity index (χ1v) is 6.89. The quantitative estimate of drug-likeness (QED) is 0.845. The molecule has 2 nitrogen and oxygen atoms in total. The molecule has 2 rings (SSSR count). The van der Waals surface area contributed by atoms with Crippen LogP contribution in [0, 0.1) is 11.8 Å². The zero-order chi connectivity index (χ0) is 11.4. The highest BCUT2D eigenvalue weighted by Crippen LogP contribution is 2.29. The van der Waals surface area contributed by atoms with Crippen molar-refractivity contribution in [3.8, 4) is 0 Å². The van der Waals surface area contributed by atoms with E-state index < -0.39 is 0 Å². The SMILES string of the molecule is CC1CCCC(CNc2cccnc2Br)C1. The molecule has 1 saturated carbocycles. The molecule has 1 aromatic heterocycles. The van der Waals surface area contributed by atoms with E-state index >= 15 is 0 Å². The fourth-order valence-corrected chi connectivity index (χ4v) is 2.91. The van der Waals surface area contributed by atoms with E-state index in [9.17, 15) is 0 Å². The lowest BCUT2D eigenvalue weighted by atomic mass is 9.82. The number of nitrogens with one attached hydrogen (secondary N) is 1. The average molecular weight is 283 g/mol. The first-order valence-electron chi connectivity index (χ1n) is 6.10. The molecule has 88 valence electrons. The molecule has 0 aromatic carbocycles. The van der Waals surface area contributed by atoms with Crippen molar-refractivity contribution in [1.29, 1.82) is 0 Å². The summed E-state index contributed by atoms with van der Waals surface area (Å²) in [6, 6.07) is 4.04. The largest absolute Gasteiger partial charge is 0.383 e. The van der Waals surface area contributed by atoms with Gasteiger partial charge in [-0.25, -0.2) is 4.98 Å². The van der Waals surface area contributed by atoms with Gasteiger partial charge in [-0.05, 0) is 52.7 Å². The Kier molecular flexibility index (Phi) is 4.22. The molecule has 1 heterocycles. The Morgan fingerprint density at radius 1 is 1.50 bits per heavy atom. The van der Waals surface area contributed by atoms with Gasteiger partial charge in [-0.1, -0.05) is 19.8 Å². The van der Waals surface area contributed by atoms with E-state index in [0.717, 1.165) is 28.7 Å². The number of anilines is 1. The maximum Gasteiger partial charge on any atom is 0.129 e. The number of aromatic nitrogens is 1. The van der Waals surface area contributed by atoms with Gasteiger partial charge in [-0.2, -0.15) is 0 Å². The molecule has 3 heteroatoms. The first-order chi connectivity index (χ1) is 7.75. The number of halogens is 1. The van der Waals surface area contributed by atoms with Gasteiger partial charge in [-0.3, -0.25) is 0 Å². The fourth-order valence-electron chi connectivity index (χ4n) is 2.52. The van der Waals surface area contributed by atoms with Crippen LogP contribution in [0.25, 0.3) is 0 Å². The lowest BCUT2D eigenvalue weighted by molar-refractivity contribution is 0.293. The summed E-state index contributed by atoms with van der Waals surface area (Å²) in [5, 5.41) is 3.49. The average Bonchev–Trinajstić information content (AvgIpc) is 2.28. The van der Waals surface area contributed by atoms with Crippen molar-refractivity contribution in [3.05, 3.63) is 22.9 Å². The molecule has 1 aliphatic rings. The normalized spacial score (nSPS) is 25.4. The molecule has 1 aliphatic carbocycles. The Bertz CT molecular complexity index is 340. The molecule has 0 radical (unpaired) electrons. The molecule has 0 spiro atoms. The highest BCUT2D eigenvalue weighted by molar-refractivity contribution is 9.10. The molecule has 1 N–H and O–H groups in total. The minimum atomic E-state index is 0.829. The Balaban J connectivity index is 1.85. The van der Waals surface area contributed by atoms with Crippen LogP contribution < -0.4 is 5.32 Å². The number of pyridine rings is 1. The number of nitrogens with zero attached hydrogens (tertiary/aromatic N) is 1. The second-order valence-corrected chi connectivity index (χ2v) is 5.61. The summed E-state index contributed by atoms with van der Waals surface area (Å²) in [7, 11) is 0. The highest BCUT2D eigenvalue weighted by Gasteiger charge is 2.18. The van der Waals surface area contributed by atoms with Crippen molar-refractivity contribution in [3.63, 3.8) is 0 Å². The van der Waals surface area contributed by atoms with Gasteiger partial charge in [0.15, 0.2) is 0 Å².